The first kappa shape index (κ1) is 16.1. The zero-order valence-electron chi connectivity index (χ0n) is 14.4. The minimum atomic E-state index is -0.0605. The lowest BCUT2D eigenvalue weighted by atomic mass is 10.1. The molecule has 0 saturated heterocycles. The Labute approximate surface area is 151 Å². The fourth-order valence-corrected chi connectivity index (χ4v) is 2.84. The Morgan fingerprint density at radius 3 is 2.50 bits per heavy atom. The van der Waals surface area contributed by atoms with E-state index in [1.807, 2.05) is 55.6 Å². The molecule has 0 aliphatic rings. The van der Waals surface area contributed by atoms with Gasteiger partial charge in [-0.05, 0) is 17.7 Å². The Hall–Kier alpha value is -3.41. The van der Waals surface area contributed by atoms with Crippen LogP contribution >= 0.6 is 0 Å². The molecule has 0 radical (unpaired) electrons. The highest BCUT2D eigenvalue weighted by atomic mass is 16.5. The fourth-order valence-electron chi connectivity index (χ4n) is 2.84. The molecule has 1 N–H and O–H groups in total. The van der Waals surface area contributed by atoms with E-state index in [9.17, 15) is 0 Å². The van der Waals surface area contributed by atoms with Gasteiger partial charge in [0.25, 0.3) is 0 Å². The molecule has 2 aromatic carbocycles. The van der Waals surface area contributed by atoms with Crippen LogP contribution < -0.4 is 10.1 Å². The highest BCUT2D eigenvalue weighted by molar-refractivity contribution is 5.86. The first-order valence-electron chi connectivity index (χ1n) is 8.43. The summed E-state index contributed by atoms with van der Waals surface area (Å²) in [7, 11) is 1.87. The van der Waals surface area contributed by atoms with Crippen LogP contribution in [0, 0.1) is 0 Å². The number of aromatic nitrogens is 4. The first-order valence-corrected chi connectivity index (χ1v) is 8.43. The number of hydrogen-bond acceptors (Lipinski definition) is 5. The summed E-state index contributed by atoms with van der Waals surface area (Å²) in [6.45, 7) is 0.472. The third-order valence-corrected chi connectivity index (χ3v) is 4.20. The van der Waals surface area contributed by atoms with Gasteiger partial charge in [-0.1, -0.05) is 48.5 Å². The van der Waals surface area contributed by atoms with Crippen LogP contribution in [0.4, 0.5) is 5.82 Å². The summed E-state index contributed by atoms with van der Waals surface area (Å²) in [5.74, 6) is 1.58. The fraction of sp³-hybridized carbons (Fsp3) is 0.150. The van der Waals surface area contributed by atoms with E-state index in [1.165, 1.54) is 0 Å². The molecule has 0 saturated carbocycles. The van der Waals surface area contributed by atoms with Gasteiger partial charge in [0.05, 0.1) is 17.6 Å². The molecular formula is C20H19N5O. The van der Waals surface area contributed by atoms with Gasteiger partial charge in [-0.25, -0.2) is 9.97 Å². The van der Waals surface area contributed by atoms with Gasteiger partial charge in [-0.2, -0.15) is 5.10 Å². The van der Waals surface area contributed by atoms with E-state index in [0.29, 0.717) is 6.61 Å². The number of hydrogen-bond donors (Lipinski definition) is 1. The van der Waals surface area contributed by atoms with Crippen molar-refractivity contribution in [3.63, 3.8) is 0 Å². The molecule has 1 atom stereocenters. The number of fused-ring (bicyclic) bond motifs is 1. The Morgan fingerprint density at radius 2 is 1.73 bits per heavy atom. The van der Waals surface area contributed by atoms with Crippen molar-refractivity contribution in [3.8, 4) is 5.75 Å². The van der Waals surface area contributed by atoms with E-state index in [4.69, 9.17) is 4.74 Å². The zero-order chi connectivity index (χ0) is 17.8. The Bertz CT molecular complexity index is 985. The topological polar surface area (TPSA) is 64.9 Å². The molecule has 0 aliphatic heterocycles. The summed E-state index contributed by atoms with van der Waals surface area (Å²) < 4.78 is 7.72. The first-order chi connectivity index (χ1) is 12.8. The predicted molar refractivity (Wildman–Crippen MR) is 101 cm³/mol. The minimum Gasteiger partial charge on any atom is -0.491 e. The van der Waals surface area contributed by atoms with E-state index < -0.39 is 0 Å². The van der Waals surface area contributed by atoms with Gasteiger partial charge in [-0.15, -0.1) is 0 Å². The van der Waals surface area contributed by atoms with Crippen molar-refractivity contribution in [2.24, 2.45) is 7.05 Å². The van der Waals surface area contributed by atoms with Gasteiger partial charge in [-0.3, -0.25) is 4.68 Å². The van der Waals surface area contributed by atoms with Crippen molar-refractivity contribution in [1.82, 2.24) is 19.7 Å². The third kappa shape index (κ3) is 3.35. The van der Waals surface area contributed by atoms with Gasteiger partial charge in [0, 0.05) is 7.05 Å². The van der Waals surface area contributed by atoms with Crippen molar-refractivity contribution in [2.45, 2.75) is 6.04 Å². The number of anilines is 1. The minimum absolute atomic E-state index is 0.0605. The van der Waals surface area contributed by atoms with Crippen LogP contribution in [0.2, 0.25) is 0 Å². The Morgan fingerprint density at radius 1 is 1.00 bits per heavy atom. The number of benzene rings is 2. The second kappa shape index (κ2) is 7.23. The van der Waals surface area contributed by atoms with E-state index >= 15 is 0 Å². The van der Waals surface area contributed by atoms with E-state index in [-0.39, 0.29) is 6.04 Å². The Balaban J connectivity index is 1.62. The molecule has 6 nitrogen and oxygen atoms in total. The maximum atomic E-state index is 5.99. The Kier molecular flexibility index (Phi) is 4.47. The summed E-state index contributed by atoms with van der Waals surface area (Å²) in [4.78, 5) is 8.70. The molecule has 0 fully saturated rings. The van der Waals surface area contributed by atoms with Crippen molar-refractivity contribution in [3.05, 3.63) is 78.8 Å². The molecule has 0 amide bonds. The van der Waals surface area contributed by atoms with Gasteiger partial charge in [0.15, 0.2) is 5.65 Å². The number of para-hydroxylation sites is 1. The van der Waals surface area contributed by atoms with Gasteiger partial charge < -0.3 is 10.1 Å². The molecule has 6 heteroatoms. The maximum absolute atomic E-state index is 5.99. The molecule has 4 aromatic rings. The zero-order valence-corrected chi connectivity index (χ0v) is 14.4. The lowest BCUT2D eigenvalue weighted by Gasteiger charge is -2.20. The van der Waals surface area contributed by atoms with Crippen molar-refractivity contribution in [1.29, 1.82) is 0 Å². The number of nitrogens with one attached hydrogen (secondary N) is 1. The lowest BCUT2D eigenvalue weighted by Crippen LogP contribution is -2.19. The van der Waals surface area contributed by atoms with Crippen LogP contribution in [0.5, 0.6) is 5.75 Å². The third-order valence-electron chi connectivity index (χ3n) is 4.20. The number of rotatable bonds is 6. The van der Waals surface area contributed by atoms with Crippen LogP contribution in [-0.2, 0) is 7.05 Å². The monoisotopic (exact) mass is 345 g/mol. The SMILES string of the molecule is Cn1ncc2c(NC(COc3ccccc3)c3ccccc3)ncnc21. The normalized spacial score (nSPS) is 12.0. The molecule has 2 heterocycles. The predicted octanol–water partition coefficient (Wildman–Crippen LogP) is 3.60. The number of nitrogens with zero attached hydrogens (tertiary/aromatic N) is 4. The van der Waals surface area contributed by atoms with E-state index in [0.717, 1.165) is 28.2 Å². The molecule has 2 aromatic heterocycles. The van der Waals surface area contributed by atoms with Gasteiger partial charge >= 0.3 is 0 Å². The second-order valence-electron chi connectivity index (χ2n) is 5.96. The van der Waals surface area contributed by atoms with Crippen LogP contribution in [0.25, 0.3) is 11.0 Å². The lowest BCUT2D eigenvalue weighted by molar-refractivity contribution is 0.299. The van der Waals surface area contributed by atoms with Crippen LogP contribution in [0.1, 0.15) is 11.6 Å². The standard InChI is InChI=1S/C20H19N5O/c1-25-20-17(12-23-25)19(21-14-22-20)24-18(15-8-4-2-5-9-15)13-26-16-10-6-3-7-11-16/h2-12,14,18H,13H2,1H3,(H,21,22,24). The highest BCUT2D eigenvalue weighted by Gasteiger charge is 2.16. The summed E-state index contributed by atoms with van der Waals surface area (Å²) in [5, 5.41) is 8.65. The van der Waals surface area contributed by atoms with Gasteiger partial charge in [0.2, 0.25) is 0 Å². The van der Waals surface area contributed by atoms with E-state index in [1.54, 1.807) is 17.2 Å². The smallest absolute Gasteiger partial charge is 0.163 e. The van der Waals surface area contributed by atoms with Crippen LogP contribution in [0.15, 0.2) is 73.2 Å². The average molecular weight is 345 g/mol. The summed E-state index contributed by atoms with van der Waals surface area (Å²) >= 11 is 0. The van der Waals surface area contributed by atoms with Crippen LogP contribution in [-0.4, -0.2) is 26.4 Å². The molecule has 1 unspecified atom stereocenters. The second-order valence-corrected chi connectivity index (χ2v) is 5.96. The average Bonchev–Trinajstić information content (AvgIpc) is 3.08. The summed E-state index contributed by atoms with van der Waals surface area (Å²) in [5.41, 5.74) is 1.91. The van der Waals surface area contributed by atoms with E-state index in [2.05, 4.69) is 32.5 Å². The van der Waals surface area contributed by atoms with Crippen molar-refractivity contribution in [2.75, 3.05) is 11.9 Å². The summed E-state index contributed by atoms with van der Waals surface area (Å²) in [6, 6.07) is 19.9. The molecule has 0 bridgehead atoms. The quantitative estimate of drug-likeness (QED) is 0.578. The van der Waals surface area contributed by atoms with Crippen molar-refractivity contribution >= 4 is 16.9 Å². The molecule has 0 spiro atoms. The van der Waals surface area contributed by atoms with Gasteiger partial charge in [0.1, 0.15) is 24.5 Å². The molecule has 26 heavy (non-hydrogen) atoms. The number of aryl methyl sites for hydroxylation is 1. The maximum Gasteiger partial charge on any atom is 0.163 e. The molecule has 0 aliphatic carbocycles. The number of ether oxygens (including phenoxy) is 1. The summed E-state index contributed by atoms with van der Waals surface area (Å²) in [6.07, 6.45) is 3.32. The largest absolute Gasteiger partial charge is 0.491 e. The molecule has 4 rings (SSSR count). The molecule has 130 valence electrons. The highest BCUT2D eigenvalue weighted by Crippen LogP contribution is 2.24. The van der Waals surface area contributed by atoms with Crippen molar-refractivity contribution < 1.29 is 4.74 Å². The van der Waals surface area contributed by atoms with Crippen LogP contribution in [0.3, 0.4) is 0 Å². The molecular weight excluding hydrogens is 326 g/mol.